The Balaban J connectivity index is 2.06. The standard InChI is InChI=1S/C17H23N3O5/c1-9-3-4-12-11(5-9)10(2)6-15(19-12)20-18-7-13(22)16(24)17(25)14(23)8-21/h3-7,13-14,16-17,21-25H,8H2,1-2H3,(H,19,20)/b18-7+/t13-,14-,16-,17-/m1/s1. The molecule has 1 aromatic carbocycles. The maximum atomic E-state index is 9.75. The highest BCUT2D eigenvalue weighted by molar-refractivity contribution is 5.84. The van der Waals surface area contributed by atoms with Crippen molar-refractivity contribution in [2.45, 2.75) is 38.3 Å². The van der Waals surface area contributed by atoms with E-state index in [1.165, 1.54) is 0 Å². The highest BCUT2D eigenvalue weighted by atomic mass is 16.4. The fraction of sp³-hybridized carbons (Fsp3) is 0.412. The lowest BCUT2D eigenvalue weighted by atomic mass is 10.0. The van der Waals surface area contributed by atoms with Crippen molar-refractivity contribution in [1.29, 1.82) is 0 Å². The Morgan fingerprint density at radius 2 is 1.84 bits per heavy atom. The van der Waals surface area contributed by atoms with Gasteiger partial charge >= 0.3 is 0 Å². The molecule has 0 amide bonds. The maximum absolute atomic E-state index is 9.75. The Bertz CT molecular complexity index is 752. The van der Waals surface area contributed by atoms with Crippen molar-refractivity contribution in [2.24, 2.45) is 5.10 Å². The van der Waals surface area contributed by atoms with Gasteiger partial charge in [-0.1, -0.05) is 11.6 Å². The first-order chi connectivity index (χ1) is 11.8. The molecular formula is C17H23N3O5. The normalized spacial score (nSPS) is 16.8. The number of pyridine rings is 1. The van der Waals surface area contributed by atoms with Gasteiger partial charge in [0.2, 0.25) is 0 Å². The van der Waals surface area contributed by atoms with Gasteiger partial charge in [-0.3, -0.25) is 5.43 Å². The molecule has 136 valence electrons. The van der Waals surface area contributed by atoms with Crippen molar-refractivity contribution in [2.75, 3.05) is 12.0 Å². The van der Waals surface area contributed by atoms with Crippen molar-refractivity contribution in [3.05, 3.63) is 35.4 Å². The van der Waals surface area contributed by atoms with Crippen molar-refractivity contribution in [3.8, 4) is 0 Å². The number of aliphatic hydroxyl groups is 5. The molecule has 8 nitrogen and oxygen atoms in total. The SMILES string of the molecule is Cc1ccc2nc(N/N=C/[C@@H](O)[C@@H](O)[C@H](O)[C@H](O)CO)cc(C)c2c1. The van der Waals surface area contributed by atoms with E-state index in [0.29, 0.717) is 5.82 Å². The zero-order valence-corrected chi connectivity index (χ0v) is 14.0. The number of fused-ring (bicyclic) bond motifs is 1. The number of nitrogens with zero attached hydrogens (tertiary/aromatic N) is 2. The third-order valence-corrected chi connectivity index (χ3v) is 3.86. The zero-order valence-electron chi connectivity index (χ0n) is 14.0. The molecule has 8 heteroatoms. The molecule has 0 fully saturated rings. The van der Waals surface area contributed by atoms with Gasteiger partial charge < -0.3 is 25.5 Å². The van der Waals surface area contributed by atoms with Crippen LogP contribution in [0.3, 0.4) is 0 Å². The summed E-state index contributed by atoms with van der Waals surface area (Å²) in [6, 6.07) is 7.69. The first-order valence-corrected chi connectivity index (χ1v) is 7.84. The molecule has 0 aliphatic carbocycles. The van der Waals surface area contributed by atoms with Crippen LogP contribution in [0.5, 0.6) is 0 Å². The van der Waals surface area contributed by atoms with Gasteiger partial charge in [-0.25, -0.2) is 4.98 Å². The summed E-state index contributed by atoms with van der Waals surface area (Å²) in [5.41, 5.74) is 5.59. The third-order valence-electron chi connectivity index (χ3n) is 3.86. The van der Waals surface area contributed by atoms with Gasteiger partial charge in [-0.2, -0.15) is 5.10 Å². The van der Waals surface area contributed by atoms with Crippen LogP contribution in [0, 0.1) is 13.8 Å². The van der Waals surface area contributed by atoms with Gasteiger partial charge in [-0.15, -0.1) is 0 Å². The summed E-state index contributed by atoms with van der Waals surface area (Å²) in [4.78, 5) is 4.40. The number of aryl methyl sites for hydroxylation is 2. The number of hydrazone groups is 1. The lowest BCUT2D eigenvalue weighted by Gasteiger charge is -2.23. The number of hydrogen-bond donors (Lipinski definition) is 6. The second-order valence-electron chi connectivity index (χ2n) is 5.96. The van der Waals surface area contributed by atoms with Crippen LogP contribution in [0.4, 0.5) is 5.82 Å². The van der Waals surface area contributed by atoms with E-state index in [1.54, 1.807) is 6.07 Å². The van der Waals surface area contributed by atoms with Crippen LogP contribution in [0.2, 0.25) is 0 Å². The topological polar surface area (TPSA) is 138 Å². The van der Waals surface area contributed by atoms with Gasteiger partial charge in [0, 0.05) is 5.39 Å². The molecule has 0 saturated heterocycles. The monoisotopic (exact) mass is 349 g/mol. The molecule has 6 N–H and O–H groups in total. The van der Waals surface area contributed by atoms with Crippen LogP contribution in [-0.4, -0.2) is 67.8 Å². The molecule has 4 atom stereocenters. The minimum absolute atomic E-state index is 0.461. The van der Waals surface area contributed by atoms with Crippen LogP contribution < -0.4 is 5.43 Å². The number of aliphatic hydroxyl groups excluding tert-OH is 5. The third kappa shape index (κ3) is 4.71. The Labute approximate surface area is 145 Å². The largest absolute Gasteiger partial charge is 0.394 e. The molecule has 0 radical (unpaired) electrons. The van der Waals surface area contributed by atoms with E-state index in [9.17, 15) is 20.4 Å². The van der Waals surface area contributed by atoms with E-state index in [2.05, 4.69) is 15.5 Å². The summed E-state index contributed by atoms with van der Waals surface area (Å²) < 4.78 is 0. The van der Waals surface area contributed by atoms with E-state index in [0.717, 1.165) is 28.2 Å². The zero-order chi connectivity index (χ0) is 18.6. The molecule has 2 rings (SSSR count). The average molecular weight is 349 g/mol. The van der Waals surface area contributed by atoms with Gasteiger partial charge in [0.25, 0.3) is 0 Å². The van der Waals surface area contributed by atoms with Crippen molar-refractivity contribution >= 4 is 22.9 Å². The van der Waals surface area contributed by atoms with Gasteiger partial charge in [0.15, 0.2) is 0 Å². The Morgan fingerprint density at radius 3 is 2.52 bits per heavy atom. The maximum Gasteiger partial charge on any atom is 0.147 e. The van der Waals surface area contributed by atoms with E-state index in [4.69, 9.17) is 5.11 Å². The van der Waals surface area contributed by atoms with Gasteiger partial charge in [0.1, 0.15) is 30.2 Å². The molecule has 2 aromatic rings. The van der Waals surface area contributed by atoms with Crippen LogP contribution in [-0.2, 0) is 0 Å². The van der Waals surface area contributed by atoms with Crippen molar-refractivity contribution in [1.82, 2.24) is 4.98 Å². The van der Waals surface area contributed by atoms with Crippen molar-refractivity contribution in [3.63, 3.8) is 0 Å². The van der Waals surface area contributed by atoms with E-state index in [-0.39, 0.29) is 0 Å². The summed E-state index contributed by atoms with van der Waals surface area (Å²) in [6.07, 6.45) is -5.50. The Morgan fingerprint density at radius 1 is 1.12 bits per heavy atom. The summed E-state index contributed by atoms with van der Waals surface area (Å²) in [5.74, 6) is 0.461. The fourth-order valence-corrected chi connectivity index (χ4v) is 2.37. The highest BCUT2D eigenvalue weighted by Crippen LogP contribution is 2.21. The van der Waals surface area contributed by atoms with E-state index >= 15 is 0 Å². The van der Waals surface area contributed by atoms with Crippen molar-refractivity contribution < 1.29 is 25.5 Å². The first kappa shape index (κ1) is 19.2. The molecule has 1 aromatic heterocycles. The smallest absolute Gasteiger partial charge is 0.147 e. The van der Waals surface area contributed by atoms with Gasteiger partial charge in [-0.05, 0) is 37.6 Å². The summed E-state index contributed by atoms with van der Waals surface area (Å²) >= 11 is 0. The van der Waals surface area contributed by atoms with Crippen LogP contribution in [0.1, 0.15) is 11.1 Å². The number of benzene rings is 1. The highest BCUT2D eigenvalue weighted by Gasteiger charge is 2.29. The summed E-state index contributed by atoms with van der Waals surface area (Å²) in [6.45, 7) is 3.22. The fourth-order valence-electron chi connectivity index (χ4n) is 2.37. The van der Waals surface area contributed by atoms with Gasteiger partial charge in [0.05, 0.1) is 18.3 Å². The number of anilines is 1. The summed E-state index contributed by atoms with van der Waals surface area (Å²) in [5, 5.41) is 51.8. The van der Waals surface area contributed by atoms with Crippen LogP contribution in [0.25, 0.3) is 10.9 Å². The number of nitrogens with one attached hydrogen (secondary N) is 1. The molecule has 0 unspecified atom stereocenters. The predicted octanol–water partition coefficient (Wildman–Crippen LogP) is -0.315. The van der Waals surface area contributed by atoms with E-state index < -0.39 is 31.0 Å². The Kier molecular flexibility index (Phi) is 6.40. The lowest BCUT2D eigenvalue weighted by molar-refractivity contribution is -0.0999. The molecular weight excluding hydrogens is 326 g/mol. The average Bonchev–Trinajstić information content (AvgIpc) is 2.60. The molecule has 1 heterocycles. The second-order valence-corrected chi connectivity index (χ2v) is 5.96. The first-order valence-electron chi connectivity index (χ1n) is 7.84. The van der Waals surface area contributed by atoms with E-state index in [1.807, 2.05) is 32.0 Å². The molecule has 0 aliphatic rings. The molecule has 25 heavy (non-hydrogen) atoms. The minimum atomic E-state index is -1.70. The van der Waals surface area contributed by atoms with Crippen LogP contribution in [0.15, 0.2) is 29.4 Å². The molecule has 0 bridgehead atoms. The van der Waals surface area contributed by atoms with Crippen LogP contribution >= 0.6 is 0 Å². The minimum Gasteiger partial charge on any atom is -0.394 e. The molecule has 0 aliphatic heterocycles. The Hall–Kier alpha value is -2.10. The number of hydrogen-bond acceptors (Lipinski definition) is 8. The lowest BCUT2D eigenvalue weighted by Crippen LogP contribution is -2.46. The number of rotatable bonds is 7. The predicted molar refractivity (Wildman–Crippen MR) is 94.4 cm³/mol. The molecule has 0 saturated carbocycles. The second kappa shape index (κ2) is 8.32. The number of aromatic nitrogens is 1. The quantitative estimate of drug-likeness (QED) is 0.298. The molecule has 0 spiro atoms. The summed E-state index contributed by atoms with van der Waals surface area (Å²) in [7, 11) is 0.